The Labute approximate surface area is 197 Å². The molecular formula is C23H29N7O2S. The van der Waals surface area contributed by atoms with Crippen molar-refractivity contribution >= 4 is 35.5 Å². The van der Waals surface area contributed by atoms with Gasteiger partial charge in [-0.2, -0.15) is 5.10 Å². The number of anilines is 2. The minimum atomic E-state index is -0.151. The number of benzene rings is 2. The molecule has 0 spiro atoms. The molecule has 1 amide bonds. The third-order valence-corrected chi connectivity index (χ3v) is 5.89. The maximum absolute atomic E-state index is 12.3. The highest BCUT2D eigenvalue weighted by Crippen LogP contribution is 2.21. The molecule has 0 aliphatic carbocycles. The van der Waals surface area contributed by atoms with Crippen LogP contribution in [0, 0.1) is 0 Å². The van der Waals surface area contributed by atoms with Crippen molar-refractivity contribution in [3.05, 3.63) is 59.7 Å². The summed E-state index contributed by atoms with van der Waals surface area (Å²) in [4.78, 5) is 12.3. The second-order valence-corrected chi connectivity index (χ2v) is 8.26. The third kappa shape index (κ3) is 6.98. The standard InChI is InChI=1S/C23H29N7O2S/c1-4-16(3)18-8-10-19(11-9-18)26-21(31)15-33-23-29-28-22(30(23)24)27-25-14-17-6-12-20(13-7-17)32-5-2/h6-14,16H,4-5,15,24H2,1-3H3,(H,26,31)(H,27,28)/b25-14+. The molecule has 3 aromatic rings. The van der Waals surface area contributed by atoms with Crippen molar-refractivity contribution in [2.45, 2.75) is 38.3 Å². The molecule has 1 unspecified atom stereocenters. The quantitative estimate of drug-likeness (QED) is 0.168. The molecule has 0 bridgehead atoms. The predicted octanol–water partition coefficient (Wildman–Crippen LogP) is 4.08. The number of nitrogen functional groups attached to an aromatic ring is 1. The fourth-order valence-electron chi connectivity index (χ4n) is 2.89. The second kappa shape index (κ2) is 11.9. The fourth-order valence-corrected chi connectivity index (χ4v) is 3.55. The topological polar surface area (TPSA) is 119 Å². The molecule has 2 aromatic carbocycles. The number of nitrogens with one attached hydrogen (secondary N) is 2. The van der Waals surface area contributed by atoms with E-state index in [0.29, 0.717) is 17.7 Å². The van der Waals surface area contributed by atoms with Gasteiger partial charge in [-0.1, -0.05) is 37.7 Å². The molecule has 174 valence electrons. The van der Waals surface area contributed by atoms with E-state index in [2.05, 4.69) is 39.9 Å². The lowest BCUT2D eigenvalue weighted by Crippen LogP contribution is -2.16. The van der Waals surface area contributed by atoms with Crippen LogP contribution in [0.15, 0.2) is 58.8 Å². The van der Waals surface area contributed by atoms with Crippen LogP contribution in [-0.4, -0.2) is 39.4 Å². The molecule has 0 aliphatic rings. The molecule has 4 N–H and O–H groups in total. The van der Waals surface area contributed by atoms with Gasteiger partial charge in [0.1, 0.15) is 5.75 Å². The summed E-state index contributed by atoms with van der Waals surface area (Å²) in [7, 11) is 0. The SMILES string of the molecule is CCOc1ccc(/C=N/Nc2nnc(SCC(=O)Nc3ccc(C(C)CC)cc3)n2N)cc1. The molecule has 1 heterocycles. The summed E-state index contributed by atoms with van der Waals surface area (Å²) in [6.45, 7) is 6.90. The van der Waals surface area contributed by atoms with Crippen LogP contribution in [0.4, 0.5) is 11.6 Å². The van der Waals surface area contributed by atoms with Gasteiger partial charge in [-0.3, -0.25) is 4.79 Å². The Morgan fingerprint density at radius 1 is 1.18 bits per heavy atom. The largest absolute Gasteiger partial charge is 0.494 e. The van der Waals surface area contributed by atoms with E-state index in [1.54, 1.807) is 6.21 Å². The van der Waals surface area contributed by atoms with Gasteiger partial charge in [-0.05, 0) is 66.8 Å². The van der Waals surface area contributed by atoms with Gasteiger partial charge in [0.05, 0.1) is 18.6 Å². The maximum atomic E-state index is 12.3. The van der Waals surface area contributed by atoms with Gasteiger partial charge in [0, 0.05) is 5.69 Å². The molecule has 1 aromatic heterocycles. The van der Waals surface area contributed by atoms with Crippen LogP contribution < -0.4 is 21.3 Å². The van der Waals surface area contributed by atoms with Crippen LogP contribution in [0.1, 0.15) is 44.2 Å². The molecule has 0 radical (unpaired) electrons. The Bertz CT molecular complexity index is 1070. The molecule has 9 nitrogen and oxygen atoms in total. The monoisotopic (exact) mass is 467 g/mol. The molecule has 0 fully saturated rings. The van der Waals surface area contributed by atoms with Gasteiger partial charge in [0.2, 0.25) is 11.1 Å². The van der Waals surface area contributed by atoms with E-state index in [4.69, 9.17) is 10.6 Å². The zero-order valence-corrected chi connectivity index (χ0v) is 19.8. The molecule has 0 saturated carbocycles. The highest BCUT2D eigenvalue weighted by atomic mass is 32.2. The number of amides is 1. The van der Waals surface area contributed by atoms with Crippen LogP contribution in [-0.2, 0) is 4.79 Å². The van der Waals surface area contributed by atoms with E-state index in [0.717, 1.165) is 23.4 Å². The van der Waals surface area contributed by atoms with Crippen molar-refractivity contribution in [3.8, 4) is 5.75 Å². The highest BCUT2D eigenvalue weighted by Gasteiger charge is 2.12. The zero-order chi connectivity index (χ0) is 23.6. The summed E-state index contributed by atoms with van der Waals surface area (Å²) in [5.41, 5.74) is 5.66. The van der Waals surface area contributed by atoms with Gasteiger partial charge in [-0.15, -0.1) is 10.2 Å². The number of ether oxygens (including phenoxy) is 1. The number of hydrogen-bond donors (Lipinski definition) is 3. The number of thioether (sulfide) groups is 1. The number of hydrazone groups is 1. The van der Waals surface area contributed by atoms with E-state index < -0.39 is 0 Å². The zero-order valence-electron chi connectivity index (χ0n) is 19.0. The van der Waals surface area contributed by atoms with Crippen molar-refractivity contribution in [1.29, 1.82) is 0 Å². The lowest BCUT2D eigenvalue weighted by molar-refractivity contribution is -0.113. The number of nitrogens with two attached hydrogens (primary N) is 1. The first-order valence-electron chi connectivity index (χ1n) is 10.7. The third-order valence-electron chi connectivity index (χ3n) is 4.94. The van der Waals surface area contributed by atoms with Crippen LogP contribution in [0.3, 0.4) is 0 Å². The normalized spacial score (nSPS) is 12.0. The van der Waals surface area contributed by atoms with E-state index >= 15 is 0 Å². The van der Waals surface area contributed by atoms with Gasteiger partial charge in [0.15, 0.2) is 0 Å². The molecule has 10 heteroatoms. The summed E-state index contributed by atoms with van der Waals surface area (Å²) in [5.74, 6) is 7.58. The van der Waals surface area contributed by atoms with E-state index in [-0.39, 0.29) is 17.6 Å². The van der Waals surface area contributed by atoms with Crippen LogP contribution in [0.2, 0.25) is 0 Å². The van der Waals surface area contributed by atoms with Crippen molar-refractivity contribution < 1.29 is 9.53 Å². The van der Waals surface area contributed by atoms with E-state index in [9.17, 15) is 4.79 Å². The first kappa shape index (κ1) is 24.1. The van der Waals surface area contributed by atoms with Crippen LogP contribution in [0.25, 0.3) is 0 Å². The van der Waals surface area contributed by atoms with Crippen LogP contribution in [0.5, 0.6) is 5.75 Å². The Kier molecular flexibility index (Phi) is 8.71. The summed E-state index contributed by atoms with van der Waals surface area (Å²) < 4.78 is 6.67. The first-order chi connectivity index (χ1) is 16.0. The second-order valence-electron chi connectivity index (χ2n) is 7.32. The number of aromatic nitrogens is 3. The van der Waals surface area contributed by atoms with Gasteiger partial charge < -0.3 is 15.9 Å². The Balaban J connectivity index is 1.48. The summed E-state index contributed by atoms with van der Waals surface area (Å²) in [5, 5.41) is 15.4. The molecule has 1 atom stereocenters. The first-order valence-corrected chi connectivity index (χ1v) is 11.7. The number of nitrogens with zero attached hydrogens (tertiary/aromatic N) is 4. The minimum absolute atomic E-state index is 0.151. The lowest BCUT2D eigenvalue weighted by Gasteiger charge is -2.10. The predicted molar refractivity (Wildman–Crippen MR) is 134 cm³/mol. The summed E-state index contributed by atoms with van der Waals surface area (Å²) in [6.07, 6.45) is 2.71. The number of carbonyl (C=O) groups is 1. The minimum Gasteiger partial charge on any atom is -0.494 e. The molecular weight excluding hydrogens is 438 g/mol. The molecule has 0 aliphatic heterocycles. The van der Waals surface area contributed by atoms with E-state index in [1.165, 1.54) is 22.0 Å². The molecule has 0 saturated heterocycles. The average molecular weight is 468 g/mol. The molecule has 33 heavy (non-hydrogen) atoms. The number of hydrogen-bond acceptors (Lipinski definition) is 8. The maximum Gasteiger partial charge on any atom is 0.264 e. The fraction of sp³-hybridized carbons (Fsp3) is 0.304. The average Bonchev–Trinajstić information content (AvgIpc) is 3.18. The number of rotatable bonds is 11. The molecule has 3 rings (SSSR count). The summed E-state index contributed by atoms with van der Waals surface area (Å²) in [6, 6.07) is 15.4. The Morgan fingerprint density at radius 2 is 1.91 bits per heavy atom. The highest BCUT2D eigenvalue weighted by molar-refractivity contribution is 7.99. The van der Waals surface area contributed by atoms with Gasteiger partial charge in [0.25, 0.3) is 5.95 Å². The smallest absolute Gasteiger partial charge is 0.264 e. The van der Waals surface area contributed by atoms with Crippen LogP contribution >= 0.6 is 11.8 Å². The van der Waals surface area contributed by atoms with Gasteiger partial charge in [-0.25, -0.2) is 10.1 Å². The summed E-state index contributed by atoms with van der Waals surface area (Å²) >= 11 is 1.19. The van der Waals surface area contributed by atoms with Crippen molar-refractivity contribution in [1.82, 2.24) is 14.9 Å². The Hall–Kier alpha value is -3.53. The van der Waals surface area contributed by atoms with Crippen molar-refractivity contribution in [2.24, 2.45) is 5.10 Å². The Morgan fingerprint density at radius 3 is 2.58 bits per heavy atom. The van der Waals surface area contributed by atoms with Gasteiger partial charge >= 0.3 is 0 Å². The number of carbonyl (C=O) groups excluding carboxylic acids is 1. The van der Waals surface area contributed by atoms with Crippen molar-refractivity contribution in [2.75, 3.05) is 28.9 Å². The van der Waals surface area contributed by atoms with Crippen molar-refractivity contribution in [3.63, 3.8) is 0 Å². The van der Waals surface area contributed by atoms with E-state index in [1.807, 2.05) is 55.5 Å². The lowest BCUT2D eigenvalue weighted by atomic mass is 9.99.